The average molecular weight is 196 g/mol. The van der Waals surface area contributed by atoms with Crippen LogP contribution in [0.3, 0.4) is 0 Å². The van der Waals surface area contributed by atoms with Crippen molar-refractivity contribution in [2.45, 2.75) is 31.1 Å². The molecule has 1 aromatic heterocycles. The first-order valence-electron chi connectivity index (χ1n) is 5.05. The fourth-order valence-corrected chi connectivity index (χ4v) is 2.70. The van der Waals surface area contributed by atoms with Crippen molar-refractivity contribution in [1.82, 2.24) is 9.97 Å². The lowest BCUT2D eigenvalue weighted by Gasteiger charge is -2.12. The van der Waals surface area contributed by atoms with Gasteiger partial charge in [-0.1, -0.05) is 0 Å². The zero-order valence-corrected chi connectivity index (χ0v) is 8.06. The Bertz CT molecular complexity index is 474. The highest BCUT2D eigenvalue weighted by Gasteiger charge is 2.40. The Kier molecular flexibility index (Phi) is 1.55. The maximum Gasteiger partial charge on any atom is 0.177 e. The average Bonchev–Trinajstić information content (AvgIpc) is 2.88. The molecule has 0 unspecified atom stereocenters. The number of fused-ring (bicyclic) bond motifs is 5. The first-order chi connectivity index (χ1) is 7.33. The Morgan fingerprint density at radius 1 is 0.933 bits per heavy atom. The number of nitrogens with zero attached hydrogens (tertiary/aromatic N) is 4. The van der Waals surface area contributed by atoms with Crippen LogP contribution in [-0.2, 0) is 0 Å². The molecular weight excluding hydrogens is 188 g/mol. The van der Waals surface area contributed by atoms with E-state index < -0.39 is 0 Å². The van der Waals surface area contributed by atoms with Gasteiger partial charge in [0.05, 0.1) is 11.4 Å². The summed E-state index contributed by atoms with van der Waals surface area (Å²) < 4.78 is 0. The van der Waals surface area contributed by atoms with Crippen LogP contribution in [0.2, 0.25) is 0 Å². The van der Waals surface area contributed by atoms with Crippen molar-refractivity contribution in [2.75, 3.05) is 0 Å². The first-order valence-corrected chi connectivity index (χ1v) is 5.05. The van der Waals surface area contributed by atoms with Gasteiger partial charge in [0.15, 0.2) is 11.4 Å². The third-order valence-electron chi connectivity index (χ3n) is 3.37. The molecule has 2 atom stereocenters. The van der Waals surface area contributed by atoms with Crippen LogP contribution in [0.1, 0.15) is 53.9 Å². The maximum absolute atomic E-state index is 8.85. The van der Waals surface area contributed by atoms with E-state index in [0.717, 1.165) is 30.7 Å². The number of hydrogen-bond acceptors (Lipinski definition) is 4. The lowest BCUT2D eigenvalue weighted by atomic mass is 10.00. The Balaban J connectivity index is 2.24. The fourth-order valence-electron chi connectivity index (χ4n) is 2.70. The van der Waals surface area contributed by atoms with Crippen LogP contribution < -0.4 is 0 Å². The highest BCUT2D eigenvalue weighted by molar-refractivity contribution is 5.41. The highest BCUT2D eigenvalue weighted by atomic mass is 14.9. The van der Waals surface area contributed by atoms with Crippen LogP contribution in [-0.4, -0.2) is 9.97 Å². The Morgan fingerprint density at radius 2 is 1.40 bits per heavy atom. The quantitative estimate of drug-likeness (QED) is 0.631. The largest absolute Gasteiger partial charge is 0.237 e. The van der Waals surface area contributed by atoms with Gasteiger partial charge in [0.2, 0.25) is 0 Å². The molecule has 2 aliphatic carbocycles. The normalized spacial score (nSPS) is 25.7. The van der Waals surface area contributed by atoms with Crippen molar-refractivity contribution < 1.29 is 0 Å². The van der Waals surface area contributed by atoms with Crippen LogP contribution in [0, 0.1) is 22.7 Å². The van der Waals surface area contributed by atoms with Gasteiger partial charge in [-0.25, -0.2) is 9.97 Å². The molecule has 2 bridgehead atoms. The van der Waals surface area contributed by atoms with E-state index in [1.165, 1.54) is 0 Å². The number of hydrogen-bond donors (Lipinski definition) is 0. The van der Waals surface area contributed by atoms with Crippen molar-refractivity contribution in [3.8, 4) is 12.1 Å². The summed E-state index contributed by atoms with van der Waals surface area (Å²) in [6, 6.07) is 3.88. The molecule has 72 valence electrons. The minimum absolute atomic E-state index is 0.184. The minimum Gasteiger partial charge on any atom is -0.237 e. The first kappa shape index (κ1) is 8.38. The van der Waals surface area contributed by atoms with Gasteiger partial charge in [-0.3, -0.25) is 0 Å². The van der Waals surface area contributed by atoms with Crippen LogP contribution in [0.15, 0.2) is 0 Å². The molecule has 1 saturated carbocycles. The van der Waals surface area contributed by atoms with E-state index >= 15 is 0 Å². The highest BCUT2D eigenvalue weighted by Crippen LogP contribution is 2.51. The molecule has 0 radical (unpaired) electrons. The van der Waals surface area contributed by atoms with Crippen molar-refractivity contribution >= 4 is 0 Å². The molecule has 1 aromatic rings. The van der Waals surface area contributed by atoms with E-state index in [-0.39, 0.29) is 11.4 Å². The zero-order valence-electron chi connectivity index (χ0n) is 8.06. The van der Waals surface area contributed by atoms with Gasteiger partial charge >= 0.3 is 0 Å². The molecule has 2 aliphatic rings. The fraction of sp³-hybridized carbons (Fsp3) is 0.455. The lowest BCUT2D eigenvalue weighted by Crippen LogP contribution is -2.08. The summed E-state index contributed by atoms with van der Waals surface area (Å²) in [7, 11) is 0. The summed E-state index contributed by atoms with van der Waals surface area (Å²) in [5.74, 6) is 0.967. The molecule has 0 spiro atoms. The number of rotatable bonds is 0. The molecule has 1 fully saturated rings. The van der Waals surface area contributed by atoms with Crippen molar-refractivity contribution in [1.29, 1.82) is 10.5 Å². The summed E-state index contributed by atoms with van der Waals surface area (Å²) in [5, 5.41) is 17.7. The Labute approximate surface area is 87.2 Å². The molecule has 15 heavy (non-hydrogen) atoms. The summed E-state index contributed by atoms with van der Waals surface area (Å²) in [6.45, 7) is 0. The van der Waals surface area contributed by atoms with Crippen molar-refractivity contribution in [3.05, 3.63) is 22.8 Å². The molecule has 0 aliphatic heterocycles. The van der Waals surface area contributed by atoms with Gasteiger partial charge in [-0.2, -0.15) is 10.5 Å². The molecule has 3 rings (SSSR count). The molecule has 1 heterocycles. The van der Waals surface area contributed by atoms with Gasteiger partial charge in [0.25, 0.3) is 0 Å². The third kappa shape index (κ3) is 0.993. The Morgan fingerprint density at radius 3 is 1.80 bits per heavy atom. The van der Waals surface area contributed by atoms with Crippen LogP contribution in [0.5, 0.6) is 0 Å². The monoisotopic (exact) mass is 196 g/mol. The second kappa shape index (κ2) is 2.77. The van der Waals surface area contributed by atoms with Gasteiger partial charge in [0, 0.05) is 11.8 Å². The molecule has 0 N–H and O–H groups in total. The van der Waals surface area contributed by atoms with Gasteiger partial charge in [0.1, 0.15) is 12.1 Å². The van der Waals surface area contributed by atoms with E-state index in [9.17, 15) is 0 Å². The minimum atomic E-state index is 0.184. The predicted molar refractivity (Wildman–Crippen MR) is 50.8 cm³/mol. The van der Waals surface area contributed by atoms with Gasteiger partial charge < -0.3 is 0 Å². The van der Waals surface area contributed by atoms with Crippen LogP contribution in [0.4, 0.5) is 0 Å². The second-order valence-electron chi connectivity index (χ2n) is 4.12. The summed E-state index contributed by atoms with van der Waals surface area (Å²) in [5.41, 5.74) is 2.32. The van der Waals surface area contributed by atoms with Crippen LogP contribution >= 0.6 is 0 Å². The van der Waals surface area contributed by atoms with Gasteiger partial charge in [-0.15, -0.1) is 0 Å². The molecular formula is C11H8N4. The summed E-state index contributed by atoms with van der Waals surface area (Å²) >= 11 is 0. The predicted octanol–water partition coefficient (Wildman–Crippen LogP) is 1.58. The van der Waals surface area contributed by atoms with Crippen molar-refractivity contribution in [3.63, 3.8) is 0 Å². The maximum atomic E-state index is 8.85. The molecule has 4 heteroatoms. The van der Waals surface area contributed by atoms with Crippen molar-refractivity contribution in [2.24, 2.45) is 0 Å². The molecule has 0 saturated heterocycles. The van der Waals surface area contributed by atoms with E-state index in [4.69, 9.17) is 10.5 Å². The summed E-state index contributed by atoms with van der Waals surface area (Å²) in [6.07, 6.45) is 3.42. The molecule has 4 nitrogen and oxygen atoms in total. The van der Waals surface area contributed by atoms with E-state index in [0.29, 0.717) is 11.8 Å². The molecule has 0 amide bonds. The topological polar surface area (TPSA) is 73.4 Å². The lowest BCUT2D eigenvalue weighted by molar-refractivity contribution is 0.676. The SMILES string of the molecule is N#Cc1nc2c(nc1C#N)[C@H]1CC[C@@H]2C1. The number of aromatic nitrogens is 2. The zero-order chi connectivity index (χ0) is 10.4. The standard InChI is InChI=1S/C11H8N4/c12-4-8-9(5-13)15-11-7-2-1-6(3-7)10(11)14-8/h6-7H,1-3H2/t6-,7+. The third-order valence-corrected chi connectivity index (χ3v) is 3.37. The van der Waals surface area contributed by atoms with E-state index in [1.807, 2.05) is 12.1 Å². The van der Waals surface area contributed by atoms with Gasteiger partial charge in [-0.05, 0) is 19.3 Å². The Hall–Kier alpha value is -1.94. The summed E-state index contributed by atoms with van der Waals surface area (Å²) in [4.78, 5) is 8.56. The second-order valence-corrected chi connectivity index (χ2v) is 4.12. The van der Waals surface area contributed by atoms with E-state index in [2.05, 4.69) is 9.97 Å². The van der Waals surface area contributed by atoms with E-state index in [1.54, 1.807) is 0 Å². The number of nitriles is 2. The molecule has 0 aromatic carbocycles. The smallest absolute Gasteiger partial charge is 0.177 e. The van der Waals surface area contributed by atoms with Crippen LogP contribution in [0.25, 0.3) is 0 Å².